The van der Waals surface area contributed by atoms with E-state index in [1.165, 1.54) is 6.20 Å². The highest BCUT2D eigenvalue weighted by atomic mass is 127. The minimum absolute atomic E-state index is 0.0254. The minimum atomic E-state index is -2.87. The molecule has 1 aromatic rings. The highest BCUT2D eigenvalue weighted by Crippen LogP contribution is 2.19. The van der Waals surface area contributed by atoms with Crippen LogP contribution in [-0.4, -0.2) is 18.1 Å². The Morgan fingerprint density at radius 1 is 1.62 bits per heavy atom. The first-order chi connectivity index (χ1) is 7.47. The smallest absolute Gasteiger partial charge is 0.310 e. The van der Waals surface area contributed by atoms with Crippen molar-refractivity contribution >= 4 is 28.6 Å². The molecule has 1 aromatic heterocycles. The lowest BCUT2D eigenvalue weighted by molar-refractivity contribution is -0.139. The first kappa shape index (κ1) is 13.1. The number of ether oxygens (including phenoxy) is 1. The highest BCUT2D eigenvalue weighted by molar-refractivity contribution is 14.1. The van der Waals surface area contributed by atoms with Gasteiger partial charge in [-0.1, -0.05) is 0 Å². The number of pyridine rings is 1. The second kappa shape index (κ2) is 5.37. The Kier molecular flexibility index (Phi) is 4.39. The van der Waals surface area contributed by atoms with Crippen LogP contribution in [0.1, 0.15) is 17.6 Å². The number of aromatic nitrogens is 1. The first-order valence-electron chi connectivity index (χ1n) is 4.22. The lowest BCUT2D eigenvalue weighted by Gasteiger charge is -2.05. The monoisotopic (exact) mass is 343 g/mol. The van der Waals surface area contributed by atoms with Gasteiger partial charge in [0, 0.05) is 11.8 Å². The molecule has 7 heteroatoms. The van der Waals surface area contributed by atoms with Crippen LogP contribution in [0.15, 0.2) is 11.0 Å². The van der Waals surface area contributed by atoms with Gasteiger partial charge in [-0.2, -0.15) is 0 Å². The summed E-state index contributed by atoms with van der Waals surface area (Å²) < 4.78 is 29.5. The molecule has 0 aliphatic rings. The van der Waals surface area contributed by atoms with Gasteiger partial charge in [0.05, 0.1) is 22.8 Å². The molecule has 1 N–H and O–H groups in total. The maximum Gasteiger partial charge on any atom is 0.310 e. The topological polar surface area (TPSA) is 59.2 Å². The molecular weight excluding hydrogens is 335 g/mol. The van der Waals surface area contributed by atoms with E-state index < -0.39 is 23.4 Å². The molecule has 0 saturated heterocycles. The van der Waals surface area contributed by atoms with Gasteiger partial charge in [-0.25, -0.2) is 8.78 Å². The summed E-state index contributed by atoms with van der Waals surface area (Å²) in [5.74, 6) is -0.646. The number of aromatic amines is 1. The lowest BCUT2D eigenvalue weighted by Crippen LogP contribution is -2.20. The summed E-state index contributed by atoms with van der Waals surface area (Å²) in [7, 11) is 1.16. The van der Waals surface area contributed by atoms with E-state index in [9.17, 15) is 18.4 Å². The van der Waals surface area contributed by atoms with E-state index in [1.54, 1.807) is 22.6 Å². The molecule has 0 aliphatic heterocycles. The summed E-state index contributed by atoms with van der Waals surface area (Å²) in [4.78, 5) is 25.0. The summed E-state index contributed by atoms with van der Waals surface area (Å²) in [5.41, 5.74) is -1.45. The number of carbonyl (C=O) groups is 1. The predicted octanol–water partition coefficient (Wildman–Crippen LogP) is 1.63. The Balaban J connectivity index is 3.19. The van der Waals surface area contributed by atoms with Crippen molar-refractivity contribution in [1.29, 1.82) is 0 Å². The van der Waals surface area contributed by atoms with Crippen molar-refractivity contribution in [3.05, 3.63) is 31.2 Å². The second-order valence-corrected chi connectivity index (χ2v) is 4.00. The quantitative estimate of drug-likeness (QED) is 0.516. The van der Waals surface area contributed by atoms with Crippen LogP contribution >= 0.6 is 22.6 Å². The van der Waals surface area contributed by atoms with Gasteiger partial charge in [-0.05, 0) is 22.6 Å². The molecule has 0 spiro atoms. The van der Waals surface area contributed by atoms with Crippen molar-refractivity contribution in [1.82, 2.24) is 4.98 Å². The van der Waals surface area contributed by atoms with Gasteiger partial charge < -0.3 is 9.72 Å². The molecule has 0 saturated carbocycles. The summed E-state index contributed by atoms with van der Waals surface area (Å²) in [6, 6.07) is 0. The van der Waals surface area contributed by atoms with E-state index in [2.05, 4.69) is 9.72 Å². The molecule has 88 valence electrons. The first-order valence-corrected chi connectivity index (χ1v) is 5.30. The van der Waals surface area contributed by atoms with Gasteiger partial charge in [-0.15, -0.1) is 0 Å². The molecule has 0 bridgehead atoms. The van der Waals surface area contributed by atoms with E-state index in [0.29, 0.717) is 0 Å². The number of H-pyrrole nitrogens is 1. The predicted molar refractivity (Wildman–Crippen MR) is 60.5 cm³/mol. The van der Waals surface area contributed by atoms with Crippen molar-refractivity contribution in [3.8, 4) is 0 Å². The van der Waals surface area contributed by atoms with Crippen LogP contribution in [0, 0.1) is 3.70 Å². The number of alkyl halides is 2. The fourth-order valence-corrected chi connectivity index (χ4v) is 1.76. The number of hydrogen-bond acceptors (Lipinski definition) is 3. The highest BCUT2D eigenvalue weighted by Gasteiger charge is 2.20. The van der Waals surface area contributed by atoms with E-state index in [1.807, 2.05) is 0 Å². The van der Waals surface area contributed by atoms with Gasteiger partial charge in [-0.3, -0.25) is 9.59 Å². The molecule has 0 aromatic carbocycles. The summed E-state index contributed by atoms with van der Waals surface area (Å²) in [6.45, 7) is 0. The SMILES string of the molecule is COC(=O)Cc1c[nH]c(I)c(C(F)F)c1=O. The molecule has 4 nitrogen and oxygen atoms in total. The van der Waals surface area contributed by atoms with E-state index in [4.69, 9.17) is 0 Å². The van der Waals surface area contributed by atoms with Gasteiger partial charge in [0.2, 0.25) is 0 Å². The van der Waals surface area contributed by atoms with E-state index in [0.717, 1.165) is 7.11 Å². The molecule has 16 heavy (non-hydrogen) atoms. The zero-order valence-corrected chi connectivity index (χ0v) is 10.4. The average molecular weight is 343 g/mol. The summed E-state index contributed by atoms with van der Waals surface area (Å²) in [5, 5.41) is 0. The number of esters is 1. The third-order valence-electron chi connectivity index (χ3n) is 1.93. The molecule has 1 heterocycles. The third-order valence-corrected chi connectivity index (χ3v) is 2.82. The molecule has 0 radical (unpaired) electrons. The number of hydrogen-bond donors (Lipinski definition) is 1. The zero-order chi connectivity index (χ0) is 12.3. The van der Waals surface area contributed by atoms with Crippen LogP contribution < -0.4 is 5.43 Å². The number of nitrogens with one attached hydrogen (secondary N) is 1. The standard InChI is InChI=1S/C9H8F2INO3/c1-16-5(14)2-4-3-13-9(12)6(7(4)15)8(10)11/h3,8H,2H2,1H3,(H,13,15). The van der Waals surface area contributed by atoms with Crippen molar-refractivity contribution in [2.24, 2.45) is 0 Å². The average Bonchev–Trinajstić information content (AvgIpc) is 2.21. The molecule has 0 atom stereocenters. The van der Waals surface area contributed by atoms with E-state index >= 15 is 0 Å². The fraction of sp³-hybridized carbons (Fsp3) is 0.333. The Morgan fingerprint density at radius 2 is 2.25 bits per heavy atom. The largest absolute Gasteiger partial charge is 0.469 e. The van der Waals surface area contributed by atoms with Gasteiger partial charge in [0.15, 0.2) is 5.43 Å². The third kappa shape index (κ3) is 2.77. The van der Waals surface area contributed by atoms with Crippen LogP contribution in [0.2, 0.25) is 0 Å². The maximum atomic E-state index is 12.5. The van der Waals surface area contributed by atoms with Gasteiger partial charge in [0.25, 0.3) is 6.43 Å². The Bertz CT molecular complexity index is 459. The summed E-state index contributed by atoms with van der Waals surface area (Å²) >= 11 is 1.61. The Labute approximate surface area is 103 Å². The molecule has 0 fully saturated rings. The summed E-state index contributed by atoms with van der Waals surface area (Å²) in [6.07, 6.45) is -1.94. The number of halogens is 3. The minimum Gasteiger partial charge on any atom is -0.469 e. The van der Waals surface area contributed by atoms with E-state index in [-0.39, 0.29) is 15.7 Å². The maximum absolute atomic E-state index is 12.5. The lowest BCUT2D eigenvalue weighted by atomic mass is 10.1. The van der Waals surface area contributed by atoms with Crippen molar-refractivity contribution in [2.75, 3.05) is 7.11 Å². The Morgan fingerprint density at radius 3 is 2.75 bits per heavy atom. The van der Waals surface area contributed by atoms with Crippen LogP contribution in [0.3, 0.4) is 0 Å². The molecule has 0 unspecified atom stereocenters. The van der Waals surface area contributed by atoms with Crippen LogP contribution in [0.5, 0.6) is 0 Å². The molecule has 1 rings (SSSR count). The Hall–Kier alpha value is -0.990. The fourth-order valence-electron chi connectivity index (χ4n) is 1.12. The normalized spacial score (nSPS) is 10.6. The second-order valence-electron chi connectivity index (χ2n) is 2.92. The van der Waals surface area contributed by atoms with Gasteiger partial charge >= 0.3 is 5.97 Å². The molecule has 0 amide bonds. The van der Waals surface area contributed by atoms with Crippen LogP contribution in [0.4, 0.5) is 8.78 Å². The van der Waals surface area contributed by atoms with Crippen LogP contribution in [0.25, 0.3) is 0 Å². The van der Waals surface area contributed by atoms with Crippen molar-refractivity contribution in [2.45, 2.75) is 12.8 Å². The number of carbonyl (C=O) groups excluding carboxylic acids is 1. The van der Waals surface area contributed by atoms with Crippen LogP contribution in [-0.2, 0) is 16.0 Å². The van der Waals surface area contributed by atoms with Gasteiger partial charge in [0.1, 0.15) is 0 Å². The molecule has 0 aliphatic carbocycles. The zero-order valence-electron chi connectivity index (χ0n) is 8.22. The number of rotatable bonds is 3. The van der Waals surface area contributed by atoms with Crippen molar-refractivity contribution < 1.29 is 18.3 Å². The molecular formula is C9H8F2INO3. The number of methoxy groups -OCH3 is 1. The van der Waals surface area contributed by atoms with Crippen molar-refractivity contribution in [3.63, 3.8) is 0 Å².